The maximum absolute atomic E-state index is 12.2. The van der Waals surface area contributed by atoms with Crippen molar-refractivity contribution in [3.05, 3.63) is 54.6 Å². The van der Waals surface area contributed by atoms with E-state index in [0.717, 1.165) is 11.0 Å². The second-order valence-corrected chi connectivity index (χ2v) is 7.02. The van der Waals surface area contributed by atoms with Gasteiger partial charge in [-0.15, -0.1) is 10.2 Å². The molecule has 0 aliphatic rings. The molecule has 7 nitrogen and oxygen atoms in total. The number of hydrogen-bond acceptors (Lipinski definition) is 6. The quantitative estimate of drug-likeness (QED) is 0.498. The summed E-state index contributed by atoms with van der Waals surface area (Å²) in [6.07, 6.45) is 0. The summed E-state index contributed by atoms with van der Waals surface area (Å²) in [5.74, 6) is 2.03. The molecule has 2 aromatic carbocycles. The SMILES string of the molecule is COc1cccc(NC(=O)CSc2nnc(-c3cc4ccccc4o3)n2C)c1. The van der Waals surface area contributed by atoms with Gasteiger partial charge in [0.2, 0.25) is 5.91 Å². The van der Waals surface area contributed by atoms with Crippen LogP contribution in [0.2, 0.25) is 0 Å². The number of benzene rings is 2. The largest absolute Gasteiger partial charge is 0.497 e. The van der Waals surface area contributed by atoms with Crippen LogP contribution in [-0.2, 0) is 11.8 Å². The van der Waals surface area contributed by atoms with Crippen molar-refractivity contribution < 1.29 is 13.9 Å². The number of para-hydroxylation sites is 1. The standard InChI is InChI=1S/C20H18N4O3S/c1-24-19(17-10-13-6-3-4-9-16(13)27-17)22-23-20(24)28-12-18(25)21-14-7-5-8-15(11-14)26-2/h3-11H,12H2,1-2H3,(H,21,25). The zero-order valence-electron chi connectivity index (χ0n) is 15.4. The normalized spacial score (nSPS) is 10.9. The summed E-state index contributed by atoms with van der Waals surface area (Å²) in [5.41, 5.74) is 1.48. The minimum Gasteiger partial charge on any atom is -0.497 e. The average Bonchev–Trinajstić information content (AvgIpc) is 3.29. The highest BCUT2D eigenvalue weighted by Gasteiger charge is 2.16. The number of rotatable bonds is 6. The Morgan fingerprint density at radius 2 is 2.04 bits per heavy atom. The predicted molar refractivity (Wildman–Crippen MR) is 109 cm³/mol. The number of nitrogens with one attached hydrogen (secondary N) is 1. The lowest BCUT2D eigenvalue weighted by Gasteiger charge is -2.07. The van der Waals surface area contributed by atoms with E-state index >= 15 is 0 Å². The van der Waals surface area contributed by atoms with Crippen LogP contribution in [-0.4, -0.2) is 33.5 Å². The second kappa shape index (κ2) is 7.77. The van der Waals surface area contributed by atoms with Gasteiger partial charge in [-0.05, 0) is 24.3 Å². The number of fused-ring (bicyclic) bond motifs is 1. The number of amides is 1. The van der Waals surface area contributed by atoms with Gasteiger partial charge in [-0.1, -0.05) is 36.0 Å². The molecule has 0 spiro atoms. The van der Waals surface area contributed by atoms with E-state index in [-0.39, 0.29) is 11.7 Å². The van der Waals surface area contributed by atoms with Gasteiger partial charge in [-0.3, -0.25) is 4.79 Å². The van der Waals surface area contributed by atoms with E-state index in [9.17, 15) is 4.79 Å². The third-order valence-electron chi connectivity index (χ3n) is 4.17. The van der Waals surface area contributed by atoms with Crippen LogP contribution in [0.4, 0.5) is 5.69 Å². The van der Waals surface area contributed by atoms with Crippen molar-refractivity contribution in [3.63, 3.8) is 0 Å². The van der Waals surface area contributed by atoms with Crippen LogP contribution in [0.1, 0.15) is 0 Å². The molecule has 0 saturated carbocycles. The first kappa shape index (κ1) is 18.1. The third kappa shape index (κ3) is 3.72. The van der Waals surface area contributed by atoms with Gasteiger partial charge in [0.15, 0.2) is 16.7 Å². The molecule has 0 fully saturated rings. The number of ether oxygens (including phenoxy) is 1. The molecular weight excluding hydrogens is 376 g/mol. The number of anilines is 1. The molecular formula is C20H18N4O3S. The summed E-state index contributed by atoms with van der Waals surface area (Å²) < 4.78 is 12.8. The Morgan fingerprint density at radius 1 is 1.18 bits per heavy atom. The molecule has 8 heteroatoms. The van der Waals surface area contributed by atoms with Crippen molar-refractivity contribution in [2.24, 2.45) is 7.05 Å². The van der Waals surface area contributed by atoms with E-state index in [0.29, 0.717) is 28.2 Å². The topological polar surface area (TPSA) is 82.2 Å². The monoisotopic (exact) mass is 394 g/mol. The molecule has 28 heavy (non-hydrogen) atoms. The number of thioether (sulfide) groups is 1. The first-order chi connectivity index (χ1) is 13.6. The molecule has 0 unspecified atom stereocenters. The number of carbonyl (C=O) groups is 1. The van der Waals surface area contributed by atoms with Gasteiger partial charge in [0, 0.05) is 24.2 Å². The van der Waals surface area contributed by atoms with E-state index in [1.807, 2.05) is 60.1 Å². The van der Waals surface area contributed by atoms with Crippen LogP contribution in [0.3, 0.4) is 0 Å². The number of methoxy groups -OCH3 is 1. The van der Waals surface area contributed by atoms with Gasteiger partial charge < -0.3 is 19.0 Å². The molecule has 2 aromatic heterocycles. The van der Waals surface area contributed by atoms with Crippen molar-refractivity contribution in [2.45, 2.75) is 5.16 Å². The lowest BCUT2D eigenvalue weighted by Crippen LogP contribution is -2.14. The van der Waals surface area contributed by atoms with E-state index in [2.05, 4.69) is 15.5 Å². The Hall–Kier alpha value is -3.26. The summed E-state index contributed by atoms with van der Waals surface area (Å²) in [5, 5.41) is 12.9. The first-order valence-electron chi connectivity index (χ1n) is 8.59. The van der Waals surface area contributed by atoms with Crippen LogP contribution in [0, 0.1) is 0 Å². The van der Waals surface area contributed by atoms with E-state index in [1.54, 1.807) is 13.2 Å². The highest BCUT2D eigenvalue weighted by Crippen LogP contribution is 2.28. The van der Waals surface area contributed by atoms with E-state index in [1.165, 1.54) is 11.8 Å². The van der Waals surface area contributed by atoms with E-state index in [4.69, 9.17) is 9.15 Å². The van der Waals surface area contributed by atoms with Crippen LogP contribution in [0.5, 0.6) is 5.75 Å². The highest BCUT2D eigenvalue weighted by atomic mass is 32.2. The molecule has 0 atom stereocenters. The fourth-order valence-corrected chi connectivity index (χ4v) is 3.49. The van der Waals surface area contributed by atoms with E-state index < -0.39 is 0 Å². The Kier molecular flexibility index (Phi) is 5.03. The van der Waals surface area contributed by atoms with Gasteiger partial charge in [0.05, 0.1) is 12.9 Å². The van der Waals surface area contributed by atoms with Gasteiger partial charge in [-0.2, -0.15) is 0 Å². The maximum atomic E-state index is 12.2. The lowest BCUT2D eigenvalue weighted by atomic mass is 10.2. The van der Waals surface area contributed by atoms with Crippen molar-refractivity contribution >= 4 is 34.3 Å². The zero-order valence-corrected chi connectivity index (χ0v) is 16.2. The molecule has 2 heterocycles. The van der Waals surface area contributed by atoms with Crippen molar-refractivity contribution in [3.8, 4) is 17.3 Å². The van der Waals surface area contributed by atoms with Crippen LogP contribution >= 0.6 is 11.8 Å². The third-order valence-corrected chi connectivity index (χ3v) is 5.19. The van der Waals surface area contributed by atoms with Crippen molar-refractivity contribution in [1.82, 2.24) is 14.8 Å². The zero-order chi connectivity index (χ0) is 19.5. The van der Waals surface area contributed by atoms with Gasteiger partial charge >= 0.3 is 0 Å². The molecule has 0 aliphatic heterocycles. The lowest BCUT2D eigenvalue weighted by molar-refractivity contribution is -0.113. The van der Waals surface area contributed by atoms with Gasteiger partial charge in [0.1, 0.15) is 11.3 Å². The number of nitrogens with zero attached hydrogens (tertiary/aromatic N) is 3. The molecule has 0 radical (unpaired) electrons. The minimum absolute atomic E-state index is 0.133. The number of hydrogen-bond donors (Lipinski definition) is 1. The fraction of sp³-hybridized carbons (Fsp3) is 0.150. The molecule has 4 rings (SSSR count). The maximum Gasteiger partial charge on any atom is 0.234 e. The predicted octanol–water partition coefficient (Wildman–Crippen LogP) is 3.97. The summed E-state index contributed by atoms with van der Waals surface area (Å²) in [4.78, 5) is 12.2. The Balaban J connectivity index is 1.43. The second-order valence-electron chi connectivity index (χ2n) is 6.08. The Morgan fingerprint density at radius 3 is 2.86 bits per heavy atom. The molecule has 0 saturated heterocycles. The van der Waals surface area contributed by atoms with Gasteiger partial charge in [-0.25, -0.2) is 0 Å². The Bertz CT molecular complexity index is 1100. The summed E-state index contributed by atoms with van der Waals surface area (Å²) in [7, 11) is 3.44. The summed E-state index contributed by atoms with van der Waals surface area (Å²) in [6, 6.07) is 16.9. The molecule has 0 bridgehead atoms. The molecule has 0 aliphatic carbocycles. The smallest absolute Gasteiger partial charge is 0.234 e. The number of carbonyl (C=O) groups excluding carboxylic acids is 1. The Labute approximate surface area is 165 Å². The van der Waals surface area contributed by atoms with Crippen LogP contribution < -0.4 is 10.1 Å². The summed E-state index contributed by atoms with van der Waals surface area (Å²) >= 11 is 1.31. The minimum atomic E-state index is -0.133. The van der Waals surface area contributed by atoms with Crippen LogP contribution in [0.25, 0.3) is 22.6 Å². The molecule has 142 valence electrons. The number of furan rings is 1. The van der Waals surface area contributed by atoms with Gasteiger partial charge in [0.25, 0.3) is 0 Å². The van der Waals surface area contributed by atoms with Crippen molar-refractivity contribution in [2.75, 3.05) is 18.2 Å². The summed E-state index contributed by atoms with van der Waals surface area (Å²) in [6.45, 7) is 0. The fourth-order valence-electron chi connectivity index (χ4n) is 2.78. The van der Waals surface area contributed by atoms with Crippen LogP contribution in [0.15, 0.2) is 64.2 Å². The number of aromatic nitrogens is 3. The van der Waals surface area contributed by atoms with Crippen molar-refractivity contribution in [1.29, 1.82) is 0 Å². The molecule has 1 amide bonds. The highest BCUT2D eigenvalue weighted by molar-refractivity contribution is 7.99. The first-order valence-corrected chi connectivity index (χ1v) is 9.57. The molecule has 1 N–H and O–H groups in total. The molecule has 4 aromatic rings. The average molecular weight is 394 g/mol.